The van der Waals surface area contributed by atoms with Crippen LogP contribution >= 0.6 is 0 Å². The fourth-order valence-corrected chi connectivity index (χ4v) is 1.37. The molecule has 1 aromatic rings. The second-order valence-electron chi connectivity index (χ2n) is 4.55. The Morgan fingerprint density at radius 2 is 1.50 bits per heavy atom. The number of hydrogen-bond donors (Lipinski definition) is 0. The lowest BCUT2D eigenvalue weighted by Gasteiger charge is -2.15. The quantitative estimate of drug-likeness (QED) is 0.264. The fourth-order valence-electron chi connectivity index (χ4n) is 1.37. The van der Waals surface area contributed by atoms with Gasteiger partial charge >= 0.3 is 5.97 Å². The molecule has 8 heteroatoms. The number of halogens is 5. The molecule has 22 heavy (non-hydrogen) atoms. The molecule has 1 unspecified atom stereocenters. The van der Waals surface area contributed by atoms with Crippen molar-refractivity contribution in [3.63, 3.8) is 0 Å². The molecule has 0 radical (unpaired) electrons. The zero-order chi connectivity index (χ0) is 17.0. The minimum atomic E-state index is -2.23. The number of benzene rings is 1. The van der Waals surface area contributed by atoms with E-state index in [1.807, 2.05) is 0 Å². The first-order valence-electron chi connectivity index (χ1n) is 6.11. The Hall–Kier alpha value is -1.96. The first kappa shape index (κ1) is 18.1. The summed E-state index contributed by atoms with van der Waals surface area (Å²) < 4.78 is 75.2. The SMILES string of the molecule is C=C(C)C(=O)OCC(C)OCc1c(F)c(F)c(F)c(F)c1F. The maximum absolute atomic E-state index is 13.4. The molecule has 0 spiro atoms. The summed E-state index contributed by atoms with van der Waals surface area (Å²) in [6, 6.07) is 0. The van der Waals surface area contributed by atoms with Crippen molar-refractivity contribution in [3.05, 3.63) is 46.8 Å². The van der Waals surface area contributed by atoms with Gasteiger partial charge in [0.15, 0.2) is 23.3 Å². The maximum Gasteiger partial charge on any atom is 0.333 e. The number of ether oxygens (including phenoxy) is 2. The molecule has 0 aliphatic heterocycles. The van der Waals surface area contributed by atoms with Gasteiger partial charge in [0, 0.05) is 5.57 Å². The monoisotopic (exact) mass is 324 g/mol. The highest BCUT2D eigenvalue weighted by molar-refractivity contribution is 5.86. The van der Waals surface area contributed by atoms with Gasteiger partial charge in [-0.3, -0.25) is 0 Å². The van der Waals surface area contributed by atoms with Gasteiger partial charge in [0.2, 0.25) is 5.82 Å². The van der Waals surface area contributed by atoms with Gasteiger partial charge < -0.3 is 9.47 Å². The van der Waals surface area contributed by atoms with Gasteiger partial charge in [-0.1, -0.05) is 6.58 Å². The van der Waals surface area contributed by atoms with Crippen molar-refractivity contribution in [2.75, 3.05) is 6.61 Å². The Morgan fingerprint density at radius 3 is 1.95 bits per heavy atom. The first-order chi connectivity index (χ1) is 10.2. The predicted octanol–water partition coefficient (Wildman–Crippen LogP) is 3.41. The second kappa shape index (κ2) is 7.35. The van der Waals surface area contributed by atoms with E-state index in [0.717, 1.165) is 0 Å². The average molecular weight is 324 g/mol. The molecule has 122 valence electrons. The van der Waals surface area contributed by atoms with Crippen LogP contribution < -0.4 is 0 Å². The van der Waals surface area contributed by atoms with Crippen LogP contribution in [0.15, 0.2) is 12.2 Å². The molecule has 0 heterocycles. The van der Waals surface area contributed by atoms with Crippen molar-refractivity contribution in [1.82, 2.24) is 0 Å². The van der Waals surface area contributed by atoms with E-state index < -0.39 is 53.3 Å². The third-order valence-corrected chi connectivity index (χ3v) is 2.61. The van der Waals surface area contributed by atoms with Crippen molar-refractivity contribution >= 4 is 5.97 Å². The lowest BCUT2D eigenvalue weighted by Crippen LogP contribution is -2.20. The molecule has 0 fully saturated rings. The minimum absolute atomic E-state index is 0.145. The zero-order valence-electron chi connectivity index (χ0n) is 11.8. The Balaban J connectivity index is 2.73. The van der Waals surface area contributed by atoms with E-state index in [-0.39, 0.29) is 12.2 Å². The Bertz CT molecular complexity index is 572. The molecule has 0 bridgehead atoms. The van der Waals surface area contributed by atoms with E-state index in [1.54, 1.807) is 0 Å². The van der Waals surface area contributed by atoms with E-state index in [9.17, 15) is 26.7 Å². The summed E-state index contributed by atoms with van der Waals surface area (Å²) in [7, 11) is 0. The van der Waals surface area contributed by atoms with Crippen LogP contribution in [0.25, 0.3) is 0 Å². The third-order valence-electron chi connectivity index (χ3n) is 2.61. The average Bonchev–Trinajstić information content (AvgIpc) is 2.48. The molecular formula is C14H13F5O3. The van der Waals surface area contributed by atoms with Gasteiger partial charge in [0.05, 0.1) is 18.3 Å². The van der Waals surface area contributed by atoms with E-state index >= 15 is 0 Å². The molecule has 1 atom stereocenters. The highest BCUT2D eigenvalue weighted by Crippen LogP contribution is 2.23. The van der Waals surface area contributed by atoms with Gasteiger partial charge in [-0.15, -0.1) is 0 Å². The van der Waals surface area contributed by atoms with Gasteiger partial charge in [0.1, 0.15) is 6.61 Å². The first-order valence-corrected chi connectivity index (χ1v) is 6.11. The molecule has 0 saturated heterocycles. The van der Waals surface area contributed by atoms with Crippen LogP contribution in [-0.2, 0) is 20.9 Å². The molecule has 1 rings (SSSR count). The summed E-state index contributed by atoms with van der Waals surface area (Å²) in [6.07, 6.45) is -0.821. The summed E-state index contributed by atoms with van der Waals surface area (Å²) in [6.45, 7) is 5.04. The lowest BCUT2D eigenvalue weighted by atomic mass is 10.2. The topological polar surface area (TPSA) is 35.5 Å². The molecule has 0 amide bonds. The highest BCUT2D eigenvalue weighted by Gasteiger charge is 2.26. The molecular weight excluding hydrogens is 311 g/mol. The van der Waals surface area contributed by atoms with E-state index in [4.69, 9.17) is 9.47 Å². The normalized spacial score (nSPS) is 12.1. The van der Waals surface area contributed by atoms with Crippen LogP contribution in [0, 0.1) is 29.1 Å². The number of esters is 1. The lowest BCUT2D eigenvalue weighted by molar-refractivity contribution is -0.143. The van der Waals surface area contributed by atoms with Crippen LogP contribution in [0.2, 0.25) is 0 Å². The van der Waals surface area contributed by atoms with Crippen molar-refractivity contribution in [2.45, 2.75) is 26.6 Å². The van der Waals surface area contributed by atoms with Gasteiger partial charge in [-0.2, -0.15) is 0 Å². The molecule has 0 aromatic heterocycles. The summed E-state index contributed by atoms with van der Waals surface area (Å²) in [4.78, 5) is 11.1. The van der Waals surface area contributed by atoms with Crippen molar-refractivity contribution in [2.24, 2.45) is 0 Å². The summed E-state index contributed by atoms with van der Waals surface area (Å²) >= 11 is 0. The molecule has 3 nitrogen and oxygen atoms in total. The Labute approximate surface area is 123 Å². The van der Waals surface area contributed by atoms with E-state index in [0.29, 0.717) is 0 Å². The second-order valence-corrected chi connectivity index (χ2v) is 4.55. The molecule has 0 N–H and O–H groups in total. The van der Waals surface area contributed by atoms with Crippen molar-refractivity contribution < 1.29 is 36.2 Å². The summed E-state index contributed by atoms with van der Waals surface area (Å²) in [5, 5.41) is 0. The highest BCUT2D eigenvalue weighted by atomic mass is 19.2. The Kier molecular flexibility index (Phi) is 6.04. The number of carbonyl (C=O) groups excluding carboxylic acids is 1. The summed E-state index contributed by atoms with van der Waals surface area (Å²) in [5.74, 6) is -10.9. The van der Waals surface area contributed by atoms with Gasteiger partial charge in [0.25, 0.3) is 0 Å². The largest absolute Gasteiger partial charge is 0.460 e. The standard InChI is InChI=1S/C14H13F5O3/c1-6(2)14(20)22-4-7(3)21-5-8-9(15)11(17)13(19)12(18)10(8)16/h7H,1,4-5H2,2-3H3. The van der Waals surface area contributed by atoms with Gasteiger partial charge in [-0.05, 0) is 13.8 Å². The fraction of sp³-hybridized carbons (Fsp3) is 0.357. The maximum atomic E-state index is 13.4. The number of carbonyl (C=O) groups is 1. The van der Waals surface area contributed by atoms with Crippen LogP contribution in [0.3, 0.4) is 0 Å². The number of hydrogen-bond acceptors (Lipinski definition) is 3. The molecule has 0 saturated carbocycles. The number of rotatable bonds is 6. The third kappa shape index (κ3) is 4.03. The molecule has 0 aliphatic rings. The molecule has 1 aromatic carbocycles. The predicted molar refractivity (Wildman–Crippen MR) is 66.3 cm³/mol. The van der Waals surface area contributed by atoms with Crippen molar-refractivity contribution in [3.8, 4) is 0 Å². The minimum Gasteiger partial charge on any atom is -0.460 e. The zero-order valence-corrected chi connectivity index (χ0v) is 11.8. The van der Waals surface area contributed by atoms with Crippen molar-refractivity contribution in [1.29, 1.82) is 0 Å². The van der Waals surface area contributed by atoms with Gasteiger partial charge in [-0.25, -0.2) is 26.7 Å². The van der Waals surface area contributed by atoms with Crippen LogP contribution in [0.4, 0.5) is 22.0 Å². The van der Waals surface area contributed by atoms with E-state index in [2.05, 4.69) is 6.58 Å². The molecule has 0 aliphatic carbocycles. The van der Waals surface area contributed by atoms with Crippen LogP contribution in [-0.4, -0.2) is 18.7 Å². The smallest absolute Gasteiger partial charge is 0.333 e. The Morgan fingerprint density at radius 1 is 1.05 bits per heavy atom. The summed E-state index contributed by atoms with van der Waals surface area (Å²) in [5.41, 5.74) is -0.943. The van der Waals surface area contributed by atoms with Crippen LogP contribution in [0.5, 0.6) is 0 Å². The van der Waals surface area contributed by atoms with Crippen LogP contribution in [0.1, 0.15) is 19.4 Å². The van der Waals surface area contributed by atoms with E-state index in [1.165, 1.54) is 13.8 Å².